The number of carbonyl (C=O) groups excluding carboxylic acids is 2. The highest BCUT2D eigenvalue weighted by molar-refractivity contribution is 6.30. The van der Waals surface area contributed by atoms with Gasteiger partial charge in [0.25, 0.3) is 0 Å². The number of benzene rings is 3. The number of hydrogen-bond acceptors (Lipinski definition) is 2. The van der Waals surface area contributed by atoms with E-state index < -0.39 is 18.0 Å². The fourth-order valence-corrected chi connectivity index (χ4v) is 3.62. The lowest BCUT2D eigenvalue weighted by Crippen LogP contribution is -2.42. The van der Waals surface area contributed by atoms with Crippen LogP contribution in [-0.2, 0) is 9.59 Å². The number of nitrogens with zero attached hydrogens (tertiary/aromatic N) is 1. The van der Waals surface area contributed by atoms with Crippen molar-refractivity contribution in [1.29, 1.82) is 0 Å². The molecule has 0 spiro atoms. The number of primary amides is 1. The summed E-state index contributed by atoms with van der Waals surface area (Å²) < 4.78 is 0. The van der Waals surface area contributed by atoms with Gasteiger partial charge in [-0.05, 0) is 54.0 Å². The third kappa shape index (κ3) is 5.75. The Morgan fingerprint density at radius 2 is 1.35 bits per heavy atom. The summed E-state index contributed by atoms with van der Waals surface area (Å²) in [6.45, 7) is 1.85. The molecule has 2 atom stereocenters. The van der Waals surface area contributed by atoms with Crippen LogP contribution in [0.5, 0.6) is 0 Å². The van der Waals surface area contributed by atoms with E-state index in [1.807, 2.05) is 49.4 Å². The van der Waals surface area contributed by atoms with Crippen LogP contribution in [0.3, 0.4) is 0 Å². The Morgan fingerprint density at radius 1 is 0.839 bits per heavy atom. The van der Waals surface area contributed by atoms with Gasteiger partial charge in [0.05, 0.1) is 6.04 Å². The standard InChI is InChI=1S/C25H22Cl2N2O2/c1-17(19-8-12-21(26)13-9-19)29(23(30)16-7-18-5-3-2-4-6-18)24(25(28)31)20-10-14-22(27)15-11-20/h2-17,24H,1H3,(H2,28,31)/t17-,24+/m1/s1. The summed E-state index contributed by atoms with van der Waals surface area (Å²) in [5.41, 5.74) is 8.06. The summed E-state index contributed by atoms with van der Waals surface area (Å²) in [5.74, 6) is -0.977. The van der Waals surface area contributed by atoms with E-state index in [-0.39, 0.29) is 5.91 Å². The Balaban J connectivity index is 2.04. The van der Waals surface area contributed by atoms with Crippen LogP contribution < -0.4 is 5.73 Å². The van der Waals surface area contributed by atoms with Crippen molar-refractivity contribution in [2.75, 3.05) is 0 Å². The Hall–Kier alpha value is -3.08. The molecule has 6 heteroatoms. The maximum atomic E-state index is 13.4. The molecule has 0 saturated carbocycles. The monoisotopic (exact) mass is 452 g/mol. The van der Waals surface area contributed by atoms with E-state index in [0.717, 1.165) is 11.1 Å². The van der Waals surface area contributed by atoms with Crippen LogP contribution in [0, 0.1) is 0 Å². The first-order chi connectivity index (χ1) is 14.9. The molecule has 2 amide bonds. The van der Waals surface area contributed by atoms with Crippen LogP contribution in [0.1, 0.15) is 35.7 Å². The van der Waals surface area contributed by atoms with Gasteiger partial charge in [0, 0.05) is 16.1 Å². The van der Waals surface area contributed by atoms with Gasteiger partial charge in [-0.25, -0.2) is 0 Å². The maximum absolute atomic E-state index is 13.4. The van der Waals surface area contributed by atoms with Gasteiger partial charge in [0.2, 0.25) is 11.8 Å². The minimum absolute atomic E-state index is 0.343. The highest BCUT2D eigenvalue weighted by Gasteiger charge is 2.33. The van der Waals surface area contributed by atoms with Crippen molar-refractivity contribution in [3.63, 3.8) is 0 Å². The summed E-state index contributed by atoms with van der Waals surface area (Å²) in [7, 11) is 0. The molecule has 0 aliphatic heterocycles. The van der Waals surface area contributed by atoms with Crippen molar-refractivity contribution in [3.8, 4) is 0 Å². The Labute approximate surface area is 191 Å². The van der Waals surface area contributed by atoms with Crippen molar-refractivity contribution in [3.05, 3.63) is 112 Å². The van der Waals surface area contributed by atoms with Gasteiger partial charge in [0.1, 0.15) is 6.04 Å². The van der Waals surface area contributed by atoms with Crippen LogP contribution in [0.25, 0.3) is 6.08 Å². The predicted octanol–water partition coefficient (Wildman–Crippen LogP) is 5.82. The first kappa shape index (κ1) is 22.6. The largest absolute Gasteiger partial charge is 0.368 e. The molecule has 0 aliphatic rings. The quantitative estimate of drug-likeness (QED) is 0.458. The Bertz CT molecular complexity index is 1060. The summed E-state index contributed by atoms with van der Waals surface area (Å²) in [6, 6.07) is 21.9. The summed E-state index contributed by atoms with van der Waals surface area (Å²) in [4.78, 5) is 27.4. The lowest BCUT2D eigenvalue weighted by atomic mass is 9.99. The van der Waals surface area contributed by atoms with Crippen molar-refractivity contribution in [2.45, 2.75) is 19.0 Å². The molecule has 3 aromatic carbocycles. The number of halogens is 2. The van der Waals surface area contributed by atoms with Crippen molar-refractivity contribution >= 4 is 41.1 Å². The smallest absolute Gasteiger partial charge is 0.248 e. The van der Waals surface area contributed by atoms with Crippen molar-refractivity contribution in [1.82, 2.24) is 4.90 Å². The molecule has 0 unspecified atom stereocenters. The molecule has 0 aliphatic carbocycles. The number of hydrogen-bond donors (Lipinski definition) is 1. The Morgan fingerprint density at radius 3 is 1.87 bits per heavy atom. The second-order valence-corrected chi connectivity index (χ2v) is 7.95. The van der Waals surface area contributed by atoms with Crippen LogP contribution >= 0.6 is 23.2 Å². The van der Waals surface area contributed by atoms with E-state index in [0.29, 0.717) is 15.6 Å². The van der Waals surface area contributed by atoms with Crippen molar-refractivity contribution < 1.29 is 9.59 Å². The molecule has 0 aromatic heterocycles. The zero-order chi connectivity index (χ0) is 22.4. The zero-order valence-electron chi connectivity index (χ0n) is 16.9. The predicted molar refractivity (Wildman–Crippen MR) is 126 cm³/mol. The van der Waals surface area contributed by atoms with E-state index >= 15 is 0 Å². The summed E-state index contributed by atoms with van der Waals surface area (Å²) in [6.07, 6.45) is 3.16. The Kier molecular flexibility index (Phi) is 7.50. The molecule has 158 valence electrons. The topological polar surface area (TPSA) is 63.4 Å². The fourth-order valence-electron chi connectivity index (χ4n) is 3.37. The molecule has 0 saturated heterocycles. The molecule has 31 heavy (non-hydrogen) atoms. The third-order valence-corrected chi connectivity index (χ3v) is 5.48. The zero-order valence-corrected chi connectivity index (χ0v) is 18.4. The minimum Gasteiger partial charge on any atom is -0.368 e. The average Bonchev–Trinajstić information content (AvgIpc) is 2.77. The molecular weight excluding hydrogens is 431 g/mol. The first-order valence-corrected chi connectivity index (χ1v) is 10.5. The highest BCUT2D eigenvalue weighted by atomic mass is 35.5. The molecule has 2 N–H and O–H groups in total. The van der Waals surface area contributed by atoms with Crippen LogP contribution in [0.4, 0.5) is 0 Å². The molecule has 0 radical (unpaired) electrons. The van der Waals surface area contributed by atoms with Gasteiger partial charge in [-0.15, -0.1) is 0 Å². The third-order valence-electron chi connectivity index (χ3n) is 4.98. The van der Waals surface area contributed by atoms with Gasteiger partial charge in [-0.3, -0.25) is 9.59 Å². The van der Waals surface area contributed by atoms with Gasteiger partial charge in [-0.2, -0.15) is 0 Å². The molecule has 0 heterocycles. The maximum Gasteiger partial charge on any atom is 0.248 e. The van der Waals surface area contributed by atoms with Crippen LogP contribution in [-0.4, -0.2) is 16.7 Å². The number of amides is 2. The average molecular weight is 453 g/mol. The number of nitrogens with two attached hydrogens (primary N) is 1. The number of carbonyl (C=O) groups is 2. The summed E-state index contributed by atoms with van der Waals surface area (Å²) in [5, 5.41) is 1.11. The SMILES string of the molecule is C[C@H](c1ccc(Cl)cc1)N(C(=O)C=Cc1ccccc1)[C@H](C(N)=O)c1ccc(Cl)cc1. The van der Waals surface area contributed by atoms with Crippen molar-refractivity contribution in [2.24, 2.45) is 5.73 Å². The highest BCUT2D eigenvalue weighted by Crippen LogP contribution is 2.32. The lowest BCUT2D eigenvalue weighted by molar-refractivity contribution is -0.138. The first-order valence-electron chi connectivity index (χ1n) is 9.72. The second kappa shape index (κ2) is 10.3. The minimum atomic E-state index is -0.976. The molecule has 3 aromatic rings. The van der Waals surface area contributed by atoms with E-state index in [9.17, 15) is 9.59 Å². The molecular formula is C25H22Cl2N2O2. The van der Waals surface area contributed by atoms with E-state index in [1.165, 1.54) is 11.0 Å². The fraction of sp³-hybridized carbons (Fsp3) is 0.120. The summed E-state index contributed by atoms with van der Waals surface area (Å²) >= 11 is 12.0. The van der Waals surface area contributed by atoms with Gasteiger partial charge in [0.15, 0.2) is 0 Å². The molecule has 3 rings (SSSR count). The molecule has 0 fully saturated rings. The van der Waals surface area contributed by atoms with E-state index in [4.69, 9.17) is 28.9 Å². The van der Waals surface area contributed by atoms with Gasteiger partial charge < -0.3 is 10.6 Å². The molecule has 4 nitrogen and oxygen atoms in total. The van der Waals surface area contributed by atoms with Crippen LogP contribution in [0.15, 0.2) is 84.9 Å². The lowest BCUT2D eigenvalue weighted by Gasteiger charge is -2.35. The normalized spacial score (nSPS) is 13.0. The van der Waals surface area contributed by atoms with E-state index in [2.05, 4.69) is 0 Å². The van der Waals surface area contributed by atoms with E-state index in [1.54, 1.807) is 42.5 Å². The number of rotatable bonds is 7. The van der Waals surface area contributed by atoms with Gasteiger partial charge in [-0.1, -0.05) is 77.8 Å². The second-order valence-electron chi connectivity index (χ2n) is 7.07. The van der Waals surface area contributed by atoms with Crippen LogP contribution in [0.2, 0.25) is 10.0 Å². The van der Waals surface area contributed by atoms with Gasteiger partial charge >= 0.3 is 0 Å². The molecule has 0 bridgehead atoms.